The van der Waals surface area contributed by atoms with Crippen LogP contribution in [0.2, 0.25) is 0 Å². The number of hydrogen-bond acceptors (Lipinski definition) is 2. The van der Waals surface area contributed by atoms with Crippen LogP contribution in [0.25, 0.3) is 75.5 Å². The number of nitrogens with zero attached hydrogens (tertiary/aromatic N) is 1. The summed E-state index contributed by atoms with van der Waals surface area (Å²) >= 11 is 1.89. The van der Waals surface area contributed by atoms with E-state index < -0.39 is 5.41 Å². The lowest BCUT2D eigenvalue weighted by atomic mass is 9.37. The van der Waals surface area contributed by atoms with Crippen molar-refractivity contribution >= 4 is 82.4 Å². The van der Waals surface area contributed by atoms with Crippen LogP contribution in [0.3, 0.4) is 0 Å². The molecule has 344 valence electrons. The Labute approximate surface area is 436 Å². The van der Waals surface area contributed by atoms with Gasteiger partial charge in [-0.25, -0.2) is 0 Å². The number of fused-ring (bicyclic) bond motifs is 9. The Balaban J connectivity index is 0.955. The standard InChI is InChI=1S/C71H46BNS/c1-6-23-47(24-7-1)54-35-22-36-58-68-66(48-25-8-2-9-26-48)56-33-16-17-34-57(56)67(49-27-10-3-11-28-49)70(68)72(69(54)58)52-41-44-64-59(45-52)55-43-42-53(46-65(55)74-64)73-62-39-20-18-37-60(62)71(50-29-12-4-13-30-50,51-31-14-5-15-32-51)61-38-19-21-40-63(61)73/h1-46H. The first-order valence-corrected chi connectivity index (χ1v) is 26.5. The SMILES string of the molecule is c1ccc(-c2cccc3c2B(c2ccc4sc5cc(N6c7ccccc7C(c7ccccc7)(c7ccccc7)c7ccccc76)ccc5c4c2)c2c-3c(-c3ccccc3)c3ccccc3c2-c2ccccc2)cc1. The van der Waals surface area contributed by atoms with Crippen molar-refractivity contribution < 1.29 is 0 Å². The molecular formula is C71H46BNS. The third-order valence-electron chi connectivity index (χ3n) is 16.0. The van der Waals surface area contributed by atoms with E-state index in [2.05, 4.69) is 284 Å². The number of benzene rings is 12. The van der Waals surface area contributed by atoms with Crippen LogP contribution >= 0.6 is 11.3 Å². The Morgan fingerprint density at radius 1 is 0.324 bits per heavy atom. The molecule has 1 nitrogen and oxygen atoms in total. The van der Waals surface area contributed by atoms with E-state index in [0.717, 1.165) is 5.69 Å². The molecule has 3 heteroatoms. The Bertz CT molecular complexity index is 4210. The van der Waals surface area contributed by atoms with Crippen LogP contribution in [-0.4, -0.2) is 6.71 Å². The molecule has 0 saturated heterocycles. The molecule has 0 aliphatic carbocycles. The highest BCUT2D eigenvalue weighted by atomic mass is 32.1. The van der Waals surface area contributed by atoms with Gasteiger partial charge in [0, 0.05) is 20.5 Å². The summed E-state index contributed by atoms with van der Waals surface area (Å²) in [6.45, 7) is -0.0480. The minimum Gasteiger partial charge on any atom is -0.310 e. The fourth-order valence-corrected chi connectivity index (χ4v) is 14.2. The third kappa shape index (κ3) is 6.30. The van der Waals surface area contributed by atoms with Crippen LogP contribution in [0.15, 0.2) is 279 Å². The largest absolute Gasteiger partial charge is 0.310 e. The fraction of sp³-hybridized carbons (Fsp3) is 0.0141. The molecule has 74 heavy (non-hydrogen) atoms. The number of para-hydroxylation sites is 2. The summed E-state index contributed by atoms with van der Waals surface area (Å²) in [6.07, 6.45) is 0. The lowest BCUT2D eigenvalue weighted by molar-refractivity contribution is 0.731. The second-order valence-corrected chi connectivity index (χ2v) is 20.9. The van der Waals surface area contributed by atoms with Gasteiger partial charge < -0.3 is 4.90 Å². The quantitative estimate of drug-likeness (QED) is 0.144. The lowest BCUT2D eigenvalue weighted by Gasteiger charge is -2.46. The van der Waals surface area contributed by atoms with Crippen LogP contribution in [0.1, 0.15) is 22.3 Å². The second-order valence-electron chi connectivity index (χ2n) is 19.8. The van der Waals surface area contributed by atoms with E-state index in [1.54, 1.807) is 0 Å². The molecule has 2 aliphatic heterocycles. The maximum absolute atomic E-state index is 2.53. The molecule has 0 unspecified atom stereocenters. The average Bonchev–Trinajstić information content (AvgIpc) is 4.08. The summed E-state index contributed by atoms with van der Waals surface area (Å²) in [4.78, 5) is 2.50. The van der Waals surface area contributed by atoms with Gasteiger partial charge in [0.2, 0.25) is 6.71 Å². The first kappa shape index (κ1) is 42.6. The maximum Gasteiger partial charge on any atom is 0.244 e. The zero-order chi connectivity index (χ0) is 48.7. The van der Waals surface area contributed by atoms with Gasteiger partial charge in [-0.15, -0.1) is 11.3 Å². The van der Waals surface area contributed by atoms with Crippen molar-refractivity contribution in [3.63, 3.8) is 0 Å². The predicted octanol–water partition coefficient (Wildman–Crippen LogP) is 16.9. The molecule has 0 saturated carbocycles. The molecule has 12 aromatic carbocycles. The molecule has 0 atom stereocenters. The number of anilines is 3. The minimum absolute atomic E-state index is 0.0480. The van der Waals surface area contributed by atoms with Crippen molar-refractivity contribution in [3.8, 4) is 44.5 Å². The Kier molecular flexibility index (Phi) is 9.83. The number of hydrogen-bond donors (Lipinski definition) is 0. The summed E-state index contributed by atoms with van der Waals surface area (Å²) in [6, 6.07) is 104. The van der Waals surface area contributed by atoms with Crippen LogP contribution in [0, 0.1) is 0 Å². The van der Waals surface area contributed by atoms with E-state index in [4.69, 9.17) is 0 Å². The first-order valence-electron chi connectivity index (χ1n) is 25.7. The highest BCUT2D eigenvalue weighted by molar-refractivity contribution is 7.26. The topological polar surface area (TPSA) is 3.24 Å². The molecule has 0 bridgehead atoms. The molecular weight excluding hydrogens is 910 g/mol. The van der Waals surface area contributed by atoms with Gasteiger partial charge in [-0.05, 0) is 113 Å². The molecule has 2 aliphatic rings. The zero-order valence-electron chi connectivity index (χ0n) is 40.5. The summed E-state index contributed by atoms with van der Waals surface area (Å²) in [5.41, 5.74) is 22.3. The molecule has 0 amide bonds. The zero-order valence-corrected chi connectivity index (χ0v) is 41.3. The van der Waals surface area contributed by atoms with Gasteiger partial charge in [0.15, 0.2) is 0 Å². The molecule has 0 N–H and O–H groups in total. The summed E-state index contributed by atoms with van der Waals surface area (Å²) in [5, 5.41) is 5.11. The molecule has 3 heterocycles. The Morgan fingerprint density at radius 2 is 0.838 bits per heavy atom. The van der Waals surface area contributed by atoms with Crippen molar-refractivity contribution in [3.05, 3.63) is 301 Å². The van der Waals surface area contributed by atoms with Crippen molar-refractivity contribution in [2.45, 2.75) is 5.41 Å². The summed E-state index contributed by atoms with van der Waals surface area (Å²) < 4.78 is 2.56. The van der Waals surface area contributed by atoms with Crippen molar-refractivity contribution in [1.82, 2.24) is 0 Å². The second kappa shape index (κ2) is 17.1. The average molecular weight is 956 g/mol. The van der Waals surface area contributed by atoms with Gasteiger partial charge in [0.1, 0.15) is 0 Å². The first-order chi connectivity index (χ1) is 36.8. The van der Waals surface area contributed by atoms with E-state index in [1.807, 2.05) is 11.3 Å². The predicted molar refractivity (Wildman–Crippen MR) is 316 cm³/mol. The van der Waals surface area contributed by atoms with E-state index in [0.29, 0.717) is 0 Å². The Morgan fingerprint density at radius 3 is 1.46 bits per heavy atom. The van der Waals surface area contributed by atoms with Gasteiger partial charge in [-0.3, -0.25) is 0 Å². The molecule has 0 spiro atoms. The smallest absolute Gasteiger partial charge is 0.244 e. The van der Waals surface area contributed by atoms with Crippen LogP contribution in [0.4, 0.5) is 17.1 Å². The molecule has 0 radical (unpaired) electrons. The molecule has 13 aromatic rings. The van der Waals surface area contributed by atoms with E-state index in [1.165, 1.54) is 125 Å². The van der Waals surface area contributed by atoms with E-state index in [9.17, 15) is 0 Å². The fourth-order valence-electron chi connectivity index (χ4n) is 13.1. The third-order valence-corrected chi connectivity index (χ3v) is 17.1. The van der Waals surface area contributed by atoms with Gasteiger partial charge in [0.25, 0.3) is 0 Å². The van der Waals surface area contributed by atoms with Crippen molar-refractivity contribution in [2.24, 2.45) is 0 Å². The van der Waals surface area contributed by atoms with E-state index in [-0.39, 0.29) is 6.71 Å². The molecule has 0 fully saturated rings. The minimum atomic E-state index is -0.517. The summed E-state index contributed by atoms with van der Waals surface area (Å²) in [7, 11) is 0. The highest BCUT2D eigenvalue weighted by Gasteiger charge is 2.46. The molecule has 1 aromatic heterocycles. The monoisotopic (exact) mass is 955 g/mol. The van der Waals surface area contributed by atoms with Crippen LogP contribution in [-0.2, 0) is 5.41 Å². The number of rotatable bonds is 7. The maximum atomic E-state index is 2.53. The highest BCUT2D eigenvalue weighted by Crippen LogP contribution is 2.58. The van der Waals surface area contributed by atoms with Gasteiger partial charge in [-0.2, -0.15) is 0 Å². The Hall–Kier alpha value is -9.02. The van der Waals surface area contributed by atoms with Crippen molar-refractivity contribution in [1.29, 1.82) is 0 Å². The van der Waals surface area contributed by atoms with Gasteiger partial charge in [0.05, 0.1) is 16.8 Å². The van der Waals surface area contributed by atoms with E-state index >= 15 is 0 Å². The summed E-state index contributed by atoms with van der Waals surface area (Å²) in [5.74, 6) is 0. The van der Waals surface area contributed by atoms with Gasteiger partial charge >= 0.3 is 0 Å². The lowest BCUT2D eigenvalue weighted by Crippen LogP contribution is -2.50. The molecule has 15 rings (SSSR count). The van der Waals surface area contributed by atoms with Gasteiger partial charge in [-0.1, -0.05) is 265 Å². The number of thiophene rings is 1. The van der Waals surface area contributed by atoms with Crippen LogP contribution in [0.5, 0.6) is 0 Å². The normalized spacial score (nSPS) is 13.2. The van der Waals surface area contributed by atoms with Crippen LogP contribution < -0.4 is 21.3 Å². The van der Waals surface area contributed by atoms with Crippen molar-refractivity contribution in [2.75, 3.05) is 4.90 Å².